The van der Waals surface area contributed by atoms with Crippen LogP contribution in [-0.4, -0.2) is 10.9 Å². The van der Waals surface area contributed by atoms with Gasteiger partial charge in [0.1, 0.15) is 5.75 Å². The van der Waals surface area contributed by atoms with Crippen molar-refractivity contribution < 1.29 is 14.3 Å². The van der Waals surface area contributed by atoms with E-state index >= 15 is 0 Å². The minimum absolute atomic E-state index is 0.0556. The average molecular weight is 282 g/mol. The maximum Gasteiger partial charge on any atom is 0.230 e. The Labute approximate surface area is 99.8 Å². The van der Waals surface area contributed by atoms with Crippen molar-refractivity contribution in [2.45, 2.75) is 0 Å². The summed E-state index contributed by atoms with van der Waals surface area (Å²) in [6, 6.07) is 7.66. The maximum absolute atomic E-state index is 11.9. The topological polar surface area (TPSA) is 76.5 Å². The first kappa shape index (κ1) is 10.8. The van der Waals surface area contributed by atoms with Crippen molar-refractivity contribution in [2.24, 2.45) is 0 Å². The molecule has 0 bridgehead atoms. The van der Waals surface area contributed by atoms with Gasteiger partial charge in [0.05, 0.1) is 11.3 Å². The fourth-order valence-electron chi connectivity index (χ4n) is 1.32. The second-order valence-electron chi connectivity index (χ2n) is 3.17. The zero-order valence-corrected chi connectivity index (χ0v) is 9.69. The summed E-state index contributed by atoms with van der Waals surface area (Å²) in [4.78, 5) is 11.9. The molecule has 3 N–H and O–H groups in total. The summed E-state index contributed by atoms with van der Waals surface area (Å²) in [5, 5.41) is 9.38. The number of rotatable bonds is 2. The smallest absolute Gasteiger partial charge is 0.230 e. The molecular formula is C11H8BrNO3. The Morgan fingerprint density at radius 2 is 2.06 bits per heavy atom. The monoisotopic (exact) mass is 281 g/mol. The Kier molecular flexibility index (Phi) is 2.70. The molecule has 0 radical (unpaired) electrons. The highest BCUT2D eigenvalue weighted by molar-refractivity contribution is 9.10. The number of benzene rings is 1. The number of carbonyl (C=O) groups is 1. The van der Waals surface area contributed by atoms with Crippen LogP contribution in [0.5, 0.6) is 5.75 Å². The number of halogens is 1. The Bertz CT molecular complexity index is 548. The number of hydrogen-bond acceptors (Lipinski definition) is 4. The molecule has 0 atom stereocenters. The van der Waals surface area contributed by atoms with Crippen LogP contribution >= 0.6 is 15.9 Å². The number of phenolic OH excluding ortho intramolecular Hbond substituents is 1. The van der Waals surface area contributed by atoms with Crippen LogP contribution in [0.3, 0.4) is 0 Å². The van der Waals surface area contributed by atoms with Crippen LogP contribution in [0.25, 0.3) is 0 Å². The lowest BCUT2D eigenvalue weighted by Gasteiger charge is -2.04. The highest BCUT2D eigenvalue weighted by Gasteiger charge is 2.17. The largest absolute Gasteiger partial charge is 0.506 e. The highest BCUT2D eigenvalue weighted by atomic mass is 79.9. The number of furan rings is 1. The van der Waals surface area contributed by atoms with E-state index in [2.05, 4.69) is 15.9 Å². The summed E-state index contributed by atoms with van der Waals surface area (Å²) < 4.78 is 5.59. The van der Waals surface area contributed by atoms with E-state index < -0.39 is 0 Å². The van der Waals surface area contributed by atoms with Crippen LogP contribution in [-0.2, 0) is 0 Å². The Balaban J connectivity index is 2.45. The summed E-state index contributed by atoms with van der Waals surface area (Å²) in [7, 11) is 0. The molecule has 0 amide bonds. The average Bonchev–Trinajstić information content (AvgIpc) is 2.68. The zero-order valence-electron chi connectivity index (χ0n) is 8.11. The number of hydrogen-bond donors (Lipinski definition) is 2. The zero-order chi connectivity index (χ0) is 11.7. The van der Waals surface area contributed by atoms with Crippen LogP contribution in [0.2, 0.25) is 0 Å². The molecular weight excluding hydrogens is 274 g/mol. The van der Waals surface area contributed by atoms with Crippen molar-refractivity contribution in [2.75, 3.05) is 5.73 Å². The van der Waals surface area contributed by atoms with Crippen molar-refractivity contribution in [3.05, 3.63) is 46.3 Å². The van der Waals surface area contributed by atoms with Gasteiger partial charge in [0.15, 0.2) is 10.4 Å². The third-order valence-corrected chi connectivity index (χ3v) is 2.55. The van der Waals surface area contributed by atoms with Gasteiger partial charge < -0.3 is 15.3 Å². The summed E-state index contributed by atoms with van der Waals surface area (Å²) in [6.07, 6.45) is 0. The van der Waals surface area contributed by atoms with Crippen LogP contribution in [0, 0.1) is 0 Å². The highest BCUT2D eigenvalue weighted by Crippen LogP contribution is 2.26. The summed E-state index contributed by atoms with van der Waals surface area (Å²) in [5.74, 6) is -0.306. The second-order valence-corrected chi connectivity index (χ2v) is 3.95. The first-order valence-corrected chi connectivity index (χ1v) is 5.26. The SMILES string of the molecule is Nc1c(O)cccc1C(=O)c1ccc(Br)o1. The van der Waals surface area contributed by atoms with Crippen molar-refractivity contribution in [1.29, 1.82) is 0 Å². The molecule has 1 heterocycles. The number of phenols is 1. The molecule has 82 valence electrons. The molecule has 2 aromatic rings. The van der Waals surface area contributed by atoms with Gasteiger partial charge in [0.2, 0.25) is 5.78 Å². The fraction of sp³-hybridized carbons (Fsp3) is 0. The molecule has 0 saturated heterocycles. The lowest BCUT2D eigenvalue weighted by atomic mass is 10.1. The predicted molar refractivity (Wildman–Crippen MR) is 62.4 cm³/mol. The van der Waals surface area contributed by atoms with Gasteiger partial charge in [0.25, 0.3) is 0 Å². The number of carbonyl (C=O) groups excluding carboxylic acids is 1. The van der Waals surface area contributed by atoms with Gasteiger partial charge in [-0.15, -0.1) is 0 Å². The first-order chi connectivity index (χ1) is 7.59. The molecule has 0 aliphatic carbocycles. The molecule has 16 heavy (non-hydrogen) atoms. The molecule has 2 rings (SSSR count). The van der Waals surface area contributed by atoms with E-state index in [4.69, 9.17) is 10.2 Å². The van der Waals surface area contributed by atoms with Crippen molar-refractivity contribution in [1.82, 2.24) is 0 Å². The summed E-state index contributed by atoms with van der Waals surface area (Å²) >= 11 is 3.11. The lowest BCUT2D eigenvalue weighted by molar-refractivity contribution is 0.101. The summed E-state index contributed by atoms with van der Waals surface area (Å²) in [5.41, 5.74) is 5.88. The van der Waals surface area contributed by atoms with Crippen molar-refractivity contribution in [3.63, 3.8) is 0 Å². The predicted octanol–water partition coefficient (Wildman–Crippen LogP) is 2.56. The lowest BCUT2D eigenvalue weighted by Crippen LogP contribution is -2.04. The number of aromatic hydroxyl groups is 1. The maximum atomic E-state index is 11.9. The number of nitrogens with two attached hydrogens (primary N) is 1. The van der Waals surface area contributed by atoms with Gasteiger partial charge >= 0.3 is 0 Å². The molecule has 5 heteroatoms. The van der Waals surface area contributed by atoms with Crippen LogP contribution in [0.4, 0.5) is 5.69 Å². The quantitative estimate of drug-likeness (QED) is 0.504. The van der Waals surface area contributed by atoms with Crippen LogP contribution in [0.15, 0.2) is 39.4 Å². The Hall–Kier alpha value is -1.75. The van der Waals surface area contributed by atoms with Gasteiger partial charge in [-0.05, 0) is 40.2 Å². The molecule has 4 nitrogen and oxygen atoms in total. The third-order valence-electron chi connectivity index (χ3n) is 2.12. The van der Waals surface area contributed by atoms with E-state index in [1.165, 1.54) is 18.2 Å². The van der Waals surface area contributed by atoms with E-state index in [1.54, 1.807) is 12.1 Å². The summed E-state index contributed by atoms with van der Waals surface area (Å²) in [6.45, 7) is 0. The van der Waals surface area contributed by atoms with Crippen molar-refractivity contribution in [3.8, 4) is 5.75 Å². The molecule has 0 spiro atoms. The van der Waals surface area contributed by atoms with E-state index in [1.807, 2.05) is 0 Å². The number of nitrogen functional groups attached to an aromatic ring is 1. The fourth-order valence-corrected chi connectivity index (χ4v) is 1.63. The number of anilines is 1. The Morgan fingerprint density at radius 1 is 1.31 bits per heavy atom. The normalized spacial score (nSPS) is 10.3. The Morgan fingerprint density at radius 3 is 2.69 bits per heavy atom. The van der Waals surface area contributed by atoms with E-state index in [-0.39, 0.29) is 28.5 Å². The van der Waals surface area contributed by atoms with Gasteiger partial charge in [-0.1, -0.05) is 6.07 Å². The minimum atomic E-state index is -0.362. The third kappa shape index (κ3) is 1.81. The van der Waals surface area contributed by atoms with E-state index in [0.29, 0.717) is 4.67 Å². The molecule has 1 aromatic heterocycles. The molecule has 0 aliphatic heterocycles. The van der Waals surface area contributed by atoms with Crippen molar-refractivity contribution >= 4 is 27.4 Å². The van der Waals surface area contributed by atoms with E-state index in [9.17, 15) is 9.90 Å². The van der Waals surface area contributed by atoms with Crippen LogP contribution < -0.4 is 5.73 Å². The van der Waals surface area contributed by atoms with Gasteiger partial charge in [-0.25, -0.2) is 0 Å². The van der Waals surface area contributed by atoms with E-state index in [0.717, 1.165) is 0 Å². The number of para-hydroxylation sites is 1. The molecule has 0 saturated carbocycles. The minimum Gasteiger partial charge on any atom is -0.506 e. The standard InChI is InChI=1S/C11H8BrNO3/c12-9-5-4-8(16-9)11(15)6-2-1-3-7(14)10(6)13/h1-5,14H,13H2. The molecule has 0 unspecified atom stereocenters. The molecule has 1 aromatic carbocycles. The first-order valence-electron chi connectivity index (χ1n) is 4.47. The van der Waals surface area contributed by atoms with Gasteiger partial charge in [-0.2, -0.15) is 0 Å². The second kappa shape index (κ2) is 4.02. The van der Waals surface area contributed by atoms with Gasteiger partial charge in [0, 0.05) is 0 Å². The molecule has 0 aliphatic rings. The number of ketones is 1. The molecule has 0 fully saturated rings. The van der Waals surface area contributed by atoms with Gasteiger partial charge in [-0.3, -0.25) is 4.79 Å². The van der Waals surface area contributed by atoms with Crippen LogP contribution in [0.1, 0.15) is 16.1 Å².